The van der Waals surface area contributed by atoms with Gasteiger partial charge in [0.1, 0.15) is 6.54 Å². The van der Waals surface area contributed by atoms with Crippen LogP contribution in [0.15, 0.2) is 18.2 Å². The van der Waals surface area contributed by atoms with Crippen LogP contribution in [0.1, 0.15) is 11.6 Å². The molecule has 7 nitrogen and oxygen atoms in total. The third kappa shape index (κ3) is 4.13. The number of benzene rings is 1. The molecule has 1 aliphatic heterocycles. The van der Waals surface area contributed by atoms with Gasteiger partial charge in [0, 0.05) is 0 Å². The second-order valence-corrected chi connectivity index (χ2v) is 5.76. The summed E-state index contributed by atoms with van der Waals surface area (Å²) in [6.45, 7) is -0.228. The van der Waals surface area contributed by atoms with Crippen LogP contribution in [0.3, 0.4) is 0 Å². The molecule has 2 rings (SSSR count). The van der Waals surface area contributed by atoms with Crippen molar-refractivity contribution in [2.45, 2.75) is 6.04 Å². The van der Waals surface area contributed by atoms with E-state index in [-0.39, 0.29) is 23.8 Å². The standard InChI is InChI=1S/C14H15FN2O5S/c1-22-10-3-2-8(4-9(10)15)13(14(20)21)16-11(18)5-17-7-23-6-12(17)19/h2-4,13H,5-7H2,1H3,(H,16,18)(H,20,21). The predicted molar refractivity (Wildman–Crippen MR) is 80.5 cm³/mol. The molecule has 0 aromatic heterocycles. The van der Waals surface area contributed by atoms with Gasteiger partial charge in [0.15, 0.2) is 17.6 Å². The number of nitrogens with one attached hydrogen (secondary N) is 1. The number of carboxylic acids is 1. The Labute approximate surface area is 135 Å². The Morgan fingerprint density at radius 1 is 1.52 bits per heavy atom. The molecule has 0 bridgehead atoms. The van der Waals surface area contributed by atoms with E-state index in [0.29, 0.717) is 11.6 Å². The lowest BCUT2D eigenvalue weighted by atomic mass is 10.1. The molecule has 1 heterocycles. The number of carbonyl (C=O) groups is 3. The number of nitrogens with zero attached hydrogens (tertiary/aromatic N) is 1. The Hall–Kier alpha value is -2.29. The second kappa shape index (κ2) is 7.32. The lowest BCUT2D eigenvalue weighted by Gasteiger charge is -2.18. The minimum Gasteiger partial charge on any atom is -0.494 e. The topological polar surface area (TPSA) is 95.9 Å². The maximum atomic E-state index is 13.7. The molecule has 0 spiro atoms. The van der Waals surface area contributed by atoms with E-state index < -0.39 is 23.7 Å². The number of aliphatic carboxylic acids is 1. The molecular formula is C14H15FN2O5S. The van der Waals surface area contributed by atoms with Crippen LogP contribution in [-0.4, -0.2) is 53.1 Å². The molecule has 2 amide bonds. The number of carbonyl (C=O) groups excluding carboxylic acids is 2. The van der Waals surface area contributed by atoms with Crippen molar-refractivity contribution in [1.29, 1.82) is 0 Å². The van der Waals surface area contributed by atoms with Crippen LogP contribution in [0.2, 0.25) is 0 Å². The van der Waals surface area contributed by atoms with Crippen molar-refractivity contribution in [3.05, 3.63) is 29.6 Å². The van der Waals surface area contributed by atoms with E-state index in [4.69, 9.17) is 4.74 Å². The highest BCUT2D eigenvalue weighted by Crippen LogP contribution is 2.22. The Morgan fingerprint density at radius 3 is 2.78 bits per heavy atom. The van der Waals surface area contributed by atoms with E-state index in [2.05, 4.69) is 5.32 Å². The van der Waals surface area contributed by atoms with Gasteiger partial charge in [-0.25, -0.2) is 9.18 Å². The number of thioether (sulfide) groups is 1. The van der Waals surface area contributed by atoms with Crippen molar-refractivity contribution >= 4 is 29.5 Å². The molecule has 1 saturated heterocycles. The van der Waals surface area contributed by atoms with Gasteiger partial charge in [-0.3, -0.25) is 9.59 Å². The van der Waals surface area contributed by atoms with Gasteiger partial charge in [0.05, 0.1) is 18.7 Å². The second-order valence-electron chi connectivity index (χ2n) is 4.80. The summed E-state index contributed by atoms with van der Waals surface area (Å²) < 4.78 is 18.5. The normalized spacial score (nSPS) is 15.4. The van der Waals surface area contributed by atoms with Crippen LogP contribution in [0.25, 0.3) is 0 Å². The van der Waals surface area contributed by atoms with Crippen LogP contribution in [-0.2, 0) is 14.4 Å². The zero-order valence-electron chi connectivity index (χ0n) is 12.2. The molecule has 1 aliphatic rings. The molecule has 0 saturated carbocycles. The number of ether oxygens (including phenoxy) is 1. The number of hydrogen-bond donors (Lipinski definition) is 2. The Balaban J connectivity index is 2.09. The Kier molecular flexibility index (Phi) is 5.43. The van der Waals surface area contributed by atoms with Gasteiger partial charge in [0.2, 0.25) is 11.8 Å². The summed E-state index contributed by atoms with van der Waals surface area (Å²) in [6.07, 6.45) is 0. The third-order valence-electron chi connectivity index (χ3n) is 3.22. The fraction of sp³-hybridized carbons (Fsp3) is 0.357. The molecule has 1 unspecified atom stereocenters. The predicted octanol–water partition coefficient (Wildman–Crippen LogP) is 0.609. The molecule has 0 radical (unpaired) electrons. The van der Waals surface area contributed by atoms with Crippen LogP contribution >= 0.6 is 11.8 Å². The number of methoxy groups -OCH3 is 1. The molecule has 1 atom stereocenters. The first kappa shape index (κ1) is 17.1. The molecule has 0 aliphatic carbocycles. The van der Waals surface area contributed by atoms with Crippen LogP contribution in [0.4, 0.5) is 4.39 Å². The van der Waals surface area contributed by atoms with E-state index in [1.54, 1.807) is 0 Å². The zero-order valence-corrected chi connectivity index (χ0v) is 13.1. The molecule has 9 heteroatoms. The Morgan fingerprint density at radius 2 is 2.26 bits per heavy atom. The molecule has 2 N–H and O–H groups in total. The monoisotopic (exact) mass is 342 g/mol. The number of amides is 2. The average molecular weight is 342 g/mol. The molecule has 124 valence electrons. The number of hydrogen-bond acceptors (Lipinski definition) is 5. The third-order valence-corrected chi connectivity index (χ3v) is 4.17. The fourth-order valence-corrected chi connectivity index (χ4v) is 2.97. The van der Waals surface area contributed by atoms with Crippen molar-refractivity contribution in [2.24, 2.45) is 0 Å². The summed E-state index contributed by atoms with van der Waals surface area (Å²) >= 11 is 1.38. The van der Waals surface area contributed by atoms with Gasteiger partial charge in [-0.2, -0.15) is 0 Å². The van der Waals surface area contributed by atoms with Crippen LogP contribution in [0, 0.1) is 5.82 Å². The smallest absolute Gasteiger partial charge is 0.330 e. The fourth-order valence-electron chi connectivity index (χ4n) is 2.07. The van der Waals surface area contributed by atoms with Crippen LogP contribution < -0.4 is 10.1 Å². The molecule has 1 fully saturated rings. The van der Waals surface area contributed by atoms with Crippen molar-refractivity contribution in [3.63, 3.8) is 0 Å². The summed E-state index contributed by atoms with van der Waals surface area (Å²) in [6, 6.07) is 2.23. The highest BCUT2D eigenvalue weighted by atomic mass is 32.2. The van der Waals surface area contributed by atoms with E-state index >= 15 is 0 Å². The molecular weight excluding hydrogens is 327 g/mol. The van der Waals surface area contributed by atoms with Gasteiger partial charge in [-0.15, -0.1) is 11.8 Å². The van der Waals surface area contributed by atoms with Gasteiger partial charge in [-0.1, -0.05) is 6.07 Å². The summed E-state index contributed by atoms with van der Waals surface area (Å²) in [5.41, 5.74) is 0.0753. The first-order chi connectivity index (χ1) is 10.9. The first-order valence-electron chi connectivity index (χ1n) is 6.63. The first-order valence-corrected chi connectivity index (χ1v) is 7.79. The number of halogens is 1. The van der Waals surface area contributed by atoms with Gasteiger partial charge < -0.3 is 20.1 Å². The number of rotatable bonds is 6. The van der Waals surface area contributed by atoms with Gasteiger partial charge >= 0.3 is 5.97 Å². The summed E-state index contributed by atoms with van der Waals surface area (Å²) in [5, 5.41) is 11.5. The average Bonchev–Trinajstić information content (AvgIpc) is 2.89. The molecule has 1 aromatic carbocycles. The lowest BCUT2D eigenvalue weighted by molar-refractivity contribution is -0.142. The maximum absolute atomic E-state index is 13.7. The van der Waals surface area contributed by atoms with Crippen LogP contribution in [0.5, 0.6) is 5.75 Å². The summed E-state index contributed by atoms with van der Waals surface area (Å²) in [7, 11) is 1.29. The van der Waals surface area contributed by atoms with Crippen molar-refractivity contribution in [1.82, 2.24) is 10.2 Å². The summed E-state index contributed by atoms with van der Waals surface area (Å²) in [5.74, 6) is -2.18. The van der Waals surface area contributed by atoms with Gasteiger partial charge in [0.25, 0.3) is 0 Å². The van der Waals surface area contributed by atoms with Crippen molar-refractivity contribution < 1.29 is 28.6 Å². The maximum Gasteiger partial charge on any atom is 0.330 e. The lowest BCUT2D eigenvalue weighted by Crippen LogP contribution is -2.41. The van der Waals surface area contributed by atoms with E-state index in [1.165, 1.54) is 35.9 Å². The molecule has 23 heavy (non-hydrogen) atoms. The van der Waals surface area contributed by atoms with Gasteiger partial charge in [-0.05, 0) is 17.7 Å². The SMILES string of the molecule is COc1ccc(C(NC(=O)CN2CSCC2=O)C(=O)O)cc1F. The van der Waals surface area contributed by atoms with E-state index in [1.807, 2.05) is 0 Å². The highest BCUT2D eigenvalue weighted by Gasteiger charge is 2.27. The van der Waals surface area contributed by atoms with E-state index in [0.717, 1.165) is 6.07 Å². The summed E-state index contributed by atoms with van der Waals surface area (Å²) in [4.78, 5) is 36.1. The minimum atomic E-state index is -1.41. The highest BCUT2D eigenvalue weighted by molar-refractivity contribution is 8.00. The number of carboxylic acid groups (broad SMARTS) is 1. The molecule has 1 aromatic rings. The zero-order chi connectivity index (χ0) is 17.0. The minimum absolute atomic E-state index is 0.0242. The Bertz CT molecular complexity index is 640. The largest absolute Gasteiger partial charge is 0.494 e. The van der Waals surface area contributed by atoms with Crippen molar-refractivity contribution in [2.75, 3.05) is 25.3 Å². The van der Waals surface area contributed by atoms with Crippen molar-refractivity contribution in [3.8, 4) is 5.75 Å². The quantitative estimate of drug-likeness (QED) is 0.786. The van der Waals surface area contributed by atoms with E-state index in [9.17, 15) is 23.9 Å².